The SMILES string of the molecule is CCOCCCNC(=O)C1CCN(S(=O)(=O)c2ccccc2S(C)(=O)=O)CC1. The standard InChI is InChI=1S/C18H28N2O6S2/c1-3-26-14-6-11-19-18(21)15-9-12-20(13-10-15)28(24,25)17-8-5-4-7-16(17)27(2,22)23/h4-5,7-8,15H,3,6,9-14H2,1-2H3,(H,19,21). The van der Waals surface area contributed by atoms with E-state index in [2.05, 4.69) is 5.32 Å². The van der Waals surface area contributed by atoms with Crippen LogP contribution in [0.5, 0.6) is 0 Å². The van der Waals surface area contributed by atoms with Gasteiger partial charge < -0.3 is 10.1 Å². The van der Waals surface area contributed by atoms with Crippen molar-refractivity contribution in [3.05, 3.63) is 24.3 Å². The van der Waals surface area contributed by atoms with Crippen molar-refractivity contribution in [1.29, 1.82) is 0 Å². The molecule has 2 rings (SSSR count). The van der Waals surface area contributed by atoms with Crippen LogP contribution in [0.25, 0.3) is 0 Å². The van der Waals surface area contributed by atoms with Gasteiger partial charge in [0.2, 0.25) is 15.9 Å². The summed E-state index contributed by atoms with van der Waals surface area (Å²) in [4.78, 5) is 11.8. The zero-order valence-electron chi connectivity index (χ0n) is 16.3. The molecule has 0 aromatic heterocycles. The Hall–Kier alpha value is -1.49. The summed E-state index contributed by atoms with van der Waals surface area (Å²) in [6.45, 7) is 4.03. The minimum atomic E-state index is -3.95. The van der Waals surface area contributed by atoms with Gasteiger partial charge in [-0.3, -0.25) is 4.79 Å². The van der Waals surface area contributed by atoms with Crippen LogP contribution < -0.4 is 5.32 Å². The van der Waals surface area contributed by atoms with Gasteiger partial charge in [0.1, 0.15) is 4.90 Å². The molecule has 1 fully saturated rings. The van der Waals surface area contributed by atoms with Crippen LogP contribution >= 0.6 is 0 Å². The van der Waals surface area contributed by atoms with Crippen molar-refractivity contribution in [3.63, 3.8) is 0 Å². The van der Waals surface area contributed by atoms with Crippen LogP contribution in [0.1, 0.15) is 26.2 Å². The molecule has 1 aromatic rings. The van der Waals surface area contributed by atoms with E-state index in [1.807, 2.05) is 6.92 Å². The zero-order valence-corrected chi connectivity index (χ0v) is 17.9. The van der Waals surface area contributed by atoms with E-state index in [-0.39, 0.29) is 34.7 Å². The minimum absolute atomic E-state index is 0.0786. The molecule has 10 heteroatoms. The van der Waals surface area contributed by atoms with Gasteiger partial charge in [0.25, 0.3) is 0 Å². The minimum Gasteiger partial charge on any atom is -0.382 e. The average Bonchev–Trinajstić information content (AvgIpc) is 2.67. The fourth-order valence-corrected chi connectivity index (χ4v) is 6.21. The molecule has 1 N–H and O–H groups in total. The molecule has 0 spiro atoms. The second-order valence-electron chi connectivity index (χ2n) is 6.74. The predicted octanol–water partition coefficient (Wildman–Crippen LogP) is 1.03. The van der Waals surface area contributed by atoms with Crippen molar-refractivity contribution in [2.75, 3.05) is 39.1 Å². The van der Waals surface area contributed by atoms with Crippen molar-refractivity contribution >= 4 is 25.8 Å². The highest BCUT2D eigenvalue weighted by molar-refractivity contribution is 7.93. The second kappa shape index (κ2) is 9.82. The lowest BCUT2D eigenvalue weighted by Crippen LogP contribution is -2.43. The lowest BCUT2D eigenvalue weighted by Gasteiger charge is -2.31. The highest BCUT2D eigenvalue weighted by atomic mass is 32.2. The first-order valence-electron chi connectivity index (χ1n) is 9.32. The third-order valence-corrected chi connectivity index (χ3v) is 7.90. The molecular weight excluding hydrogens is 404 g/mol. The molecule has 1 aliphatic rings. The molecule has 1 aromatic carbocycles. The van der Waals surface area contributed by atoms with Crippen molar-refractivity contribution < 1.29 is 26.4 Å². The normalized spacial score (nSPS) is 16.8. The van der Waals surface area contributed by atoms with Gasteiger partial charge in [-0.2, -0.15) is 4.31 Å². The van der Waals surface area contributed by atoms with Crippen LogP contribution in [0.3, 0.4) is 0 Å². The Morgan fingerprint density at radius 3 is 2.32 bits per heavy atom. The summed E-state index contributed by atoms with van der Waals surface area (Å²) >= 11 is 0. The number of rotatable bonds is 9. The van der Waals surface area contributed by atoms with Crippen LogP contribution in [0.2, 0.25) is 0 Å². The molecule has 0 radical (unpaired) electrons. The molecule has 0 bridgehead atoms. The van der Waals surface area contributed by atoms with Gasteiger partial charge >= 0.3 is 0 Å². The number of carbonyl (C=O) groups excluding carboxylic acids is 1. The number of carbonyl (C=O) groups is 1. The van der Waals surface area contributed by atoms with E-state index in [0.29, 0.717) is 32.6 Å². The number of sulfone groups is 1. The van der Waals surface area contributed by atoms with Crippen molar-refractivity contribution in [2.24, 2.45) is 5.92 Å². The van der Waals surface area contributed by atoms with E-state index in [1.165, 1.54) is 28.6 Å². The Labute approximate surface area is 167 Å². The number of nitrogens with zero attached hydrogens (tertiary/aromatic N) is 1. The zero-order chi connectivity index (χ0) is 20.8. The summed E-state index contributed by atoms with van der Waals surface area (Å²) in [5.74, 6) is -0.325. The van der Waals surface area contributed by atoms with E-state index in [0.717, 1.165) is 12.7 Å². The fraction of sp³-hybridized carbons (Fsp3) is 0.611. The van der Waals surface area contributed by atoms with E-state index >= 15 is 0 Å². The van der Waals surface area contributed by atoms with E-state index in [4.69, 9.17) is 4.74 Å². The van der Waals surface area contributed by atoms with Gasteiger partial charge in [-0.25, -0.2) is 16.8 Å². The largest absolute Gasteiger partial charge is 0.382 e. The molecule has 0 atom stereocenters. The van der Waals surface area contributed by atoms with Gasteiger partial charge in [-0.15, -0.1) is 0 Å². The first-order valence-corrected chi connectivity index (χ1v) is 12.7. The van der Waals surface area contributed by atoms with Crippen LogP contribution in [0.4, 0.5) is 0 Å². The number of hydrogen-bond donors (Lipinski definition) is 1. The lowest BCUT2D eigenvalue weighted by molar-refractivity contribution is -0.126. The molecule has 1 amide bonds. The monoisotopic (exact) mass is 432 g/mol. The van der Waals surface area contributed by atoms with Crippen LogP contribution in [0.15, 0.2) is 34.1 Å². The molecule has 8 nitrogen and oxygen atoms in total. The summed E-state index contributed by atoms with van der Waals surface area (Å²) < 4.78 is 56.3. The summed E-state index contributed by atoms with van der Waals surface area (Å²) in [5, 5.41) is 2.86. The summed E-state index contributed by atoms with van der Waals surface area (Å²) in [7, 11) is -7.62. The lowest BCUT2D eigenvalue weighted by atomic mass is 9.97. The highest BCUT2D eigenvalue weighted by Crippen LogP contribution is 2.28. The molecule has 1 saturated heterocycles. The third kappa shape index (κ3) is 5.76. The van der Waals surface area contributed by atoms with Gasteiger partial charge in [0, 0.05) is 45.0 Å². The van der Waals surface area contributed by atoms with Crippen LogP contribution in [-0.4, -0.2) is 66.2 Å². The number of amides is 1. The van der Waals surface area contributed by atoms with Gasteiger partial charge in [0.05, 0.1) is 4.90 Å². The highest BCUT2D eigenvalue weighted by Gasteiger charge is 2.34. The quantitative estimate of drug-likeness (QED) is 0.584. The number of piperidine rings is 1. The second-order valence-corrected chi connectivity index (χ2v) is 10.6. The molecule has 0 unspecified atom stereocenters. The molecule has 0 saturated carbocycles. The topological polar surface area (TPSA) is 110 Å². The summed E-state index contributed by atoms with van der Waals surface area (Å²) in [6.07, 6.45) is 2.52. The number of nitrogens with one attached hydrogen (secondary N) is 1. The molecule has 1 heterocycles. The fourth-order valence-electron chi connectivity index (χ4n) is 3.14. The number of ether oxygens (including phenoxy) is 1. The molecule has 158 valence electrons. The molecule has 28 heavy (non-hydrogen) atoms. The summed E-state index contributed by atoms with van der Waals surface area (Å²) in [5.41, 5.74) is 0. The smallest absolute Gasteiger partial charge is 0.244 e. The number of benzene rings is 1. The third-order valence-electron chi connectivity index (χ3n) is 4.66. The number of sulfonamides is 1. The van der Waals surface area contributed by atoms with Gasteiger partial charge in [-0.1, -0.05) is 12.1 Å². The first-order chi connectivity index (χ1) is 13.2. The Bertz CT molecular complexity index is 875. The maximum atomic E-state index is 13.0. The number of hydrogen-bond acceptors (Lipinski definition) is 6. The maximum Gasteiger partial charge on any atom is 0.244 e. The van der Waals surface area contributed by atoms with Crippen molar-refractivity contribution in [3.8, 4) is 0 Å². The van der Waals surface area contributed by atoms with Gasteiger partial charge in [-0.05, 0) is 38.3 Å². The van der Waals surface area contributed by atoms with E-state index in [9.17, 15) is 21.6 Å². The maximum absolute atomic E-state index is 13.0. The Balaban J connectivity index is 1.99. The molecule has 0 aliphatic carbocycles. The molecular formula is C18H28N2O6S2. The Morgan fingerprint density at radius 2 is 1.75 bits per heavy atom. The molecule has 1 aliphatic heterocycles. The van der Waals surface area contributed by atoms with Crippen LogP contribution in [-0.2, 0) is 29.4 Å². The summed E-state index contributed by atoms with van der Waals surface area (Å²) in [6, 6.07) is 5.61. The van der Waals surface area contributed by atoms with E-state index in [1.54, 1.807) is 0 Å². The average molecular weight is 433 g/mol. The van der Waals surface area contributed by atoms with Crippen molar-refractivity contribution in [1.82, 2.24) is 9.62 Å². The van der Waals surface area contributed by atoms with Gasteiger partial charge in [0.15, 0.2) is 9.84 Å². The van der Waals surface area contributed by atoms with Crippen molar-refractivity contribution in [2.45, 2.75) is 36.0 Å². The van der Waals surface area contributed by atoms with Crippen LogP contribution in [0, 0.1) is 5.92 Å². The Kier molecular flexibility index (Phi) is 7.99. The first kappa shape index (κ1) is 22.8. The predicted molar refractivity (Wildman–Crippen MR) is 105 cm³/mol. The Morgan fingerprint density at radius 1 is 1.14 bits per heavy atom. The van der Waals surface area contributed by atoms with E-state index < -0.39 is 19.9 Å².